The number of rotatable bonds is 4. The second kappa shape index (κ2) is 5.45. The number of benzene rings is 1. The van der Waals surface area contributed by atoms with Gasteiger partial charge >= 0.3 is 0 Å². The molecule has 2 aliphatic rings. The van der Waals surface area contributed by atoms with Crippen molar-refractivity contribution >= 4 is 5.91 Å². The second-order valence-corrected chi connectivity index (χ2v) is 5.72. The molecule has 1 aliphatic carbocycles. The largest absolute Gasteiger partial charge is 0.309 e. The average Bonchev–Trinajstić information content (AvgIpc) is 3.26. The molecule has 0 spiro atoms. The van der Waals surface area contributed by atoms with Crippen LogP contribution < -0.4 is 5.32 Å². The van der Waals surface area contributed by atoms with Crippen molar-refractivity contribution in [3.8, 4) is 0 Å². The van der Waals surface area contributed by atoms with Gasteiger partial charge in [0.15, 0.2) is 5.67 Å². The molecule has 1 N–H and O–H groups in total. The van der Waals surface area contributed by atoms with E-state index in [1.54, 1.807) is 0 Å². The predicted octanol–water partition coefficient (Wildman–Crippen LogP) is 2.73. The van der Waals surface area contributed by atoms with Gasteiger partial charge in [-0.1, -0.05) is 30.3 Å². The molecule has 1 heterocycles. The number of carbonyl (C=O) groups excluding carboxylic acids is 1. The number of amides is 1. The van der Waals surface area contributed by atoms with Crippen molar-refractivity contribution in [3.63, 3.8) is 0 Å². The van der Waals surface area contributed by atoms with E-state index in [2.05, 4.69) is 17.4 Å². The van der Waals surface area contributed by atoms with Crippen LogP contribution in [0.2, 0.25) is 0 Å². The molecule has 3 nitrogen and oxygen atoms in total. The first kappa shape index (κ1) is 14.0. The van der Waals surface area contributed by atoms with Crippen molar-refractivity contribution in [1.82, 2.24) is 10.2 Å². The number of nitrogens with zero attached hydrogens (tertiary/aromatic N) is 1. The van der Waals surface area contributed by atoms with E-state index in [4.69, 9.17) is 0 Å². The Labute approximate surface area is 124 Å². The number of alkyl halides is 1. The van der Waals surface area contributed by atoms with Crippen LogP contribution in [0.25, 0.3) is 0 Å². The minimum Gasteiger partial charge on any atom is -0.309 e. The van der Waals surface area contributed by atoms with Crippen LogP contribution in [-0.2, 0) is 4.79 Å². The smallest absolute Gasteiger partial charge is 0.227 e. The van der Waals surface area contributed by atoms with Crippen LogP contribution >= 0.6 is 0 Å². The molecular formula is C17H19FN2O. The standard InChI is InChI=1S/C17H19FN2O/c1-13(21)20-9-7-17(18,8-10-20)12-19-16-11-15(16)14-5-3-2-4-6-14/h2-10,15-16,19H,11-12H2,1H3/t15-,16+/m0/s1. The van der Waals surface area contributed by atoms with Crippen LogP contribution in [0.1, 0.15) is 24.8 Å². The highest BCUT2D eigenvalue weighted by Crippen LogP contribution is 2.40. The van der Waals surface area contributed by atoms with Crippen LogP contribution in [0.5, 0.6) is 0 Å². The SMILES string of the molecule is CC(=O)N1C=CC(F)(CN[C@@H]2C[C@H]2c2ccccc2)C=C1. The van der Waals surface area contributed by atoms with E-state index in [1.165, 1.54) is 41.9 Å². The third kappa shape index (κ3) is 3.22. The lowest BCUT2D eigenvalue weighted by atomic mass is 10.0. The normalized spacial score (nSPS) is 25.9. The van der Waals surface area contributed by atoms with E-state index in [0.29, 0.717) is 12.0 Å². The number of nitrogens with one attached hydrogen (secondary N) is 1. The Morgan fingerprint density at radius 1 is 1.33 bits per heavy atom. The topological polar surface area (TPSA) is 32.3 Å². The van der Waals surface area contributed by atoms with Crippen molar-refractivity contribution < 1.29 is 9.18 Å². The molecule has 1 fully saturated rings. The summed E-state index contributed by atoms with van der Waals surface area (Å²) in [6.45, 7) is 1.69. The van der Waals surface area contributed by atoms with Gasteiger partial charge in [0, 0.05) is 37.8 Å². The Morgan fingerprint density at radius 3 is 2.62 bits per heavy atom. The van der Waals surface area contributed by atoms with Gasteiger partial charge in [-0.25, -0.2) is 4.39 Å². The maximum absolute atomic E-state index is 14.6. The fraction of sp³-hybridized carbons (Fsp3) is 0.353. The fourth-order valence-corrected chi connectivity index (χ4v) is 2.62. The summed E-state index contributed by atoms with van der Waals surface area (Å²) in [5.41, 5.74) is -0.212. The number of halogens is 1. The summed E-state index contributed by atoms with van der Waals surface area (Å²) >= 11 is 0. The Balaban J connectivity index is 1.52. The fourth-order valence-electron chi connectivity index (χ4n) is 2.62. The quantitative estimate of drug-likeness (QED) is 0.923. The molecule has 0 bridgehead atoms. The second-order valence-electron chi connectivity index (χ2n) is 5.72. The Hall–Kier alpha value is -1.94. The molecule has 0 unspecified atom stereocenters. The lowest BCUT2D eigenvalue weighted by Gasteiger charge is -2.24. The summed E-state index contributed by atoms with van der Waals surface area (Å²) in [5.74, 6) is 0.365. The third-order valence-electron chi connectivity index (χ3n) is 4.04. The number of carbonyl (C=O) groups is 1. The molecular weight excluding hydrogens is 267 g/mol. The molecule has 1 saturated carbocycles. The highest BCUT2D eigenvalue weighted by Gasteiger charge is 2.39. The predicted molar refractivity (Wildman–Crippen MR) is 80.2 cm³/mol. The lowest BCUT2D eigenvalue weighted by Crippen LogP contribution is -2.37. The maximum Gasteiger partial charge on any atom is 0.227 e. The van der Waals surface area contributed by atoms with Gasteiger partial charge in [-0.05, 0) is 24.1 Å². The number of hydrogen-bond donors (Lipinski definition) is 1. The van der Waals surface area contributed by atoms with Crippen molar-refractivity contribution in [2.45, 2.75) is 31.0 Å². The molecule has 2 atom stereocenters. The highest BCUT2D eigenvalue weighted by molar-refractivity contribution is 5.75. The van der Waals surface area contributed by atoms with Gasteiger partial charge in [-0.3, -0.25) is 9.69 Å². The van der Waals surface area contributed by atoms with Gasteiger partial charge in [0.1, 0.15) is 0 Å². The van der Waals surface area contributed by atoms with E-state index in [0.717, 1.165) is 6.42 Å². The Kier molecular flexibility index (Phi) is 3.64. The van der Waals surface area contributed by atoms with Gasteiger partial charge in [0.25, 0.3) is 0 Å². The molecule has 0 saturated heterocycles. The molecule has 1 amide bonds. The van der Waals surface area contributed by atoms with Gasteiger partial charge in [0.05, 0.1) is 0 Å². The zero-order valence-electron chi connectivity index (χ0n) is 12.0. The van der Waals surface area contributed by atoms with E-state index in [1.807, 2.05) is 18.2 Å². The zero-order chi connectivity index (χ0) is 14.9. The maximum atomic E-state index is 14.6. The average molecular weight is 286 g/mol. The lowest BCUT2D eigenvalue weighted by molar-refractivity contribution is -0.124. The summed E-state index contributed by atoms with van der Waals surface area (Å²) in [4.78, 5) is 12.5. The summed E-state index contributed by atoms with van der Waals surface area (Å²) in [6.07, 6.45) is 6.90. The van der Waals surface area contributed by atoms with Gasteiger partial charge in [0.2, 0.25) is 5.91 Å². The molecule has 0 aromatic heterocycles. The molecule has 4 heteroatoms. The Morgan fingerprint density at radius 2 is 2.00 bits per heavy atom. The van der Waals surface area contributed by atoms with Crippen molar-refractivity contribution in [1.29, 1.82) is 0 Å². The first-order chi connectivity index (χ1) is 10.1. The van der Waals surface area contributed by atoms with Crippen LogP contribution in [0.15, 0.2) is 54.9 Å². The summed E-state index contributed by atoms with van der Waals surface area (Å²) in [7, 11) is 0. The zero-order valence-corrected chi connectivity index (χ0v) is 12.0. The third-order valence-corrected chi connectivity index (χ3v) is 4.04. The van der Waals surface area contributed by atoms with Gasteiger partial charge in [-0.15, -0.1) is 0 Å². The minimum absolute atomic E-state index is 0.121. The molecule has 0 radical (unpaired) electrons. The van der Waals surface area contributed by atoms with Crippen molar-refractivity contribution in [3.05, 3.63) is 60.4 Å². The Bertz CT molecular complexity index is 568. The van der Waals surface area contributed by atoms with Crippen molar-refractivity contribution in [2.75, 3.05) is 6.54 Å². The van der Waals surface area contributed by atoms with Crippen LogP contribution in [-0.4, -0.2) is 29.1 Å². The molecule has 1 aromatic carbocycles. The van der Waals surface area contributed by atoms with E-state index in [-0.39, 0.29) is 12.5 Å². The monoisotopic (exact) mass is 286 g/mol. The van der Waals surface area contributed by atoms with E-state index < -0.39 is 5.67 Å². The minimum atomic E-state index is -1.52. The van der Waals surface area contributed by atoms with Crippen molar-refractivity contribution in [2.24, 2.45) is 0 Å². The molecule has 21 heavy (non-hydrogen) atoms. The summed E-state index contributed by atoms with van der Waals surface area (Å²) in [5, 5.41) is 3.28. The number of hydrogen-bond acceptors (Lipinski definition) is 2. The highest BCUT2D eigenvalue weighted by atomic mass is 19.1. The van der Waals surface area contributed by atoms with Gasteiger partial charge < -0.3 is 5.32 Å². The summed E-state index contributed by atoms with van der Waals surface area (Å²) in [6, 6.07) is 10.6. The molecule has 1 aromatic rings. The van der Waals surface area contributed by atoms with E-state index in [9.17, 15) is 9.18 Å². The summed E-state index contributed by atoms with van der Waals surface area (Å²) < 4.78 is 14.6. The van der Waals surface area contributed by atoms with Crippen LogP contribution in [0, 0.1) is 0 Å². The first-order valence-electron chi connectivity index (χ1n) is 7.22. The first-order valence-corrected chi connectivity index (χ1v) is 7.22. The van der Waals surface area contributed by atoms with Gasteiger partial charge in [-0.2, -0.15) is 0 Å². The molecule has 110 valence electrons. The molecule has 1 aliphatic heterocycles. The molecule has 3 rings (SSSR count). The van der Waals surface area contributed by atoms with Crippen LogP contribution in [0.3, 0.4) is 0 Å². The van der Waals surface area contributed by atoms with E-state index >= 15 is 0 Å². The van der Waals surface area contributed by atoms with Crippen LogP contribution in [0.4, 0.5) is 4.39 Å².